The van der Waals surface area contributed by atoms with Crippen LogP contribution in [0.1, 0.15) is 6.42 Å². The number of likely N-dealkylation sites (N-methyl/N-ethyl adjacent to an activating group) is 1. The van der Waals surface area contributed by atoms with Crippen LogP contribution in [0.5, 0.6) is 0 Å². The minimum atomic E-state index is -0.921. The van der Waals surface area contributed by atoms with Crippen LogP contribution in [0, 0.1) is 11.8 Å². The average Bonchev–Trinajstić information content (AvgIpc) is 2.95. The number of carboxylic acid groups (broad SMARTS) is 1. The molecule has 0 spiro atoms. The van der Waals surface area contributed by atoms with E-state index in [1.54, 1.807) is 13.1 Å². The third-order valence-corrected chi connectivity index (χ3v) is 3.65. The van der Waals surface area contributed by atoms with Crippen LogP contribution in [0.3, 0.4) is 0 Å². The summed E-state index contributed by atoms with van der Waals surface area (Å²) in [5, 5.41) is 9.07. The summed E-state index contributed by atoms with van der Waals surface area (Å²) >= 11 is 0. The van der Waals surface area contributed by atoms with Crippen LogP contribution in [0.2, 0.25) is 0 Å². The molecule has 1 saturated heterocycles. The lowest BCUT2D eigenvalue weighted by molar-refractivity contribution is -0.145. The maximum Gasteiger partial charge on any atom is 0.311 e. The van der Waals surface area contributed by atoms with Gasteiger partial charge in [-0.15, -0.1) is 0 Å². The number of nitrogens with zero attached hydrogens (tertiary/aromatic N) is 1. The molecule has 100 valence electrons. The van der Waals surface area contributed by atoms with Gasteiger partial charge >= 0.3 is 5.97 Å². The van der Waals surface area contributed by atoms with Crippen LogP contribution in [0.25, 0.3) is 0 Å². The lowest BCUT2D eigenvalue weighted by atomic mass is 10.00. The average molecular weight is 254 g/mol. The number of hydrogen-bond acceptors (Lipinski definition) is 4. The highest BCUT2D eigenvalue weighted by Gasteiger charge is 2.40. The van der Waals surface area contributed by atoms with E-state index < -0.39 is 11.9 Å². The summed E-state index contributed by atoms with van der Waals surface area (Å²) in [5.41, 5.74) is 5.72. The maximum atomic E-state index is 12.2. The van der Waals surface area contributed by atoms with Crippen molar-refractivity contribution in [2.75, 3.05) is 20.3 Å². The Kier molecular flexibility index (Phi) is 3.68. The van der Waals surface area contributed by atoms with Gasteiger partial charge in [0.05, 0.1) is 25.2 Å². The first-order valence-electron chi connectivity index (χ1n) is 6.02. The number of ether oxygens (including phenoxy) is 1. The number of rotatable bonds is 3. The van der Waals surface area contributed by atoms with Crippen molar-refractivity contribution in [1.82, 2.24) is 4.90 Å². The molecule has 0 aromatic carbocycles. The van der Waals surface area contributed by atoms with Gasteiger partial charge in [0.2, 0.25) is 5.91 Å². The monoisotopic (exact) mass is 254 g/mol. The molecule has 0 aromatic rings. The predicted octanol–water partition coefficient (Wildman–Crippen LogP) is -0.552. The van der Waals surface area contributed by atoms with E-state index in [-0.39, 0.29) is 37.1 Å². The van der Waals surface area contributed by atoms with Crippen molar-refractivity contribution in [2.24, 2.45) is 17.6 Å². The number of hydrogen-bond donors (Lipinski definition) is 2. The zero-order valence-corrected chi connectivity index (χ0v) is 10.3. The van der Waals surface area contributed by atoms with Gasteiger partial charge < -0.3 is 20.5 Å². The topological polar surface area (TPSA) is 92.9 Å². The molecular formula is C12H18N2O4. The molecule has 4 atom stereocenters. The molecule has 0 aromatic heterocycles. The van der Waals surface area contributed by atoms with E-state index in [1.807, 2.05) is 6.08 Å². The highest BCUT2D eigenvalue weighted by Crippen LogP contribution is 2.24. The van der Waals surface area contributed by atoms with Crippen molar-refractivity contribution in [3.63, 3.8) is 0 Å². The molecule has 4 unspecified atom stereocenters. The van der Waals surface area contributed by atoms with Crippen molar-refractivity contribution < 1.29 is 19.4 Å². The lowest BCUT2D eigenvalue weighted by Gasteiger charge is -2.28. The highest BCUT2D eigenvalue weighted by atomic mass is 16.5. The number of amides is 1. The summed E-state index contributed by atoms with van der Waals surface area (Å²) in [5.74, 6) is -1.88. The Bertz CT molecular complexity index is 382. The van der Waals surface area contributed by atoms with E-state index in [2.05, 4.69) is 0 Å². The summed E-state index contributed by atoms with van der Waals surface area (Å²) in [4.78, 5) is 24.8. The van der Waals surface area contributed by atoms with Crippen molar-refractivity contribution in [2.45, 2.75) is 18.5 Å². The van der Waals surface area contributed by atoms with Gasteiger partial charge in [-0.05, 0) is 6.42 Å². The van der Waals surface area contributed by atoms with Crippen LogP contribution >= 0.6 is 0 Å². The molecule has 0 radical (unpaired) electrons. The Labute approximate surface area is 105 Å². The Hall–Kier alpha value is -1.40. The number of nitrogens with two attached hydrogens (primary N) is 1. The molecule has 1 aliphatic carbocycles. The zero-order chi connectivity index (χ0) is 13.3. The number of carboxylic acids is 1. The molecule has 1 heterocycles. The second-order valence-electron chi connectivity index (χ2n) is 4.89. The summed E-state index contributed by atoms with van der Waals surface area (Å²) in [6.07, 6.45) is 4.21. The van der Waals surface area contributed by atoms with Crippen LogP contribution in [0.15, 0.2) is 12.2 Å². The van der Waals surface area contributed by atoms with Crippen molar-refractivity contribution in [3.05, 3.63) is 12.2 Å². The molecule has 1 fully saturated rings. The fourth-order valence-corrected chi connectivity index (χ4v) is 2.50. The molecule has 2 aliphatic rings. The quantitative estimate of drug-likeness (QED) is 0.659. The predicted molar refractivity (Wildman–Crippen MR) is 63.7 cm³/mol. The van der Waals surface area contributed by atoms with Crippen LogP contribution in [0.4, 0.5) is 0 Å². The van der Waals surface area contributed by atoms with Crippen LogP contribution < -0.4 is 5.73 Å². The highest BCUT2D eigenvalue weighted by molar-refractivity contribution is 5.82. The van der Waals surface area contributed by atoms with Gasteiger partial charge in [-0.1, -0.05) is 12.2 Å². The largest absolute Gasteiger partial charge is 0.481 e. The molecule has 0 bridgehead atoms. The third kappa shape index (κ3) is 2.39. The molecule has 0 saturated carbocycles. The summed E-state index contributed by atoms with van der Waals surface area (Å²) in [7, 11) is 1.63. The Morgan fingerprint density at radius 2 is 2.11 bits per heavy atom. The Morgan fingerprint density at radius 1 is 1.39 bits per heavy atom. The fourth-order valence-electron chi connectivity index (χ4n) is 2.50. The molecule has 2 rings (SSSR count). The van der Waals surface area contributed by atoms with Gasteiger partial charge in [0.1, 0.15) is 5.92 Å². The van der Waals surface area contributed by atoms with Gasteiger partial charge in [-0.2, -0.15) is 0 Å². The van der Waals surface area contributed by atoms with Gasteiger partial charge in [0.15, 0.2) is 0 Å². The molecule has 6 nitrogen and oxygen atoms in total. The third-order valence-electron chi connectivity index (χ3n) is 3.65. The van der Waals surface area contributed by atoms with Crippen LogP contribution in [-0.4, -0.2) is 54.2 Å². The van der Waals surface area contributed by atoms with Gasteiger partial charge in [-0.25, -0.2) is 0 Å². The second kappa shape index (κ2) is 5.07. The Balaban J connectivity index is 2.02. The van der Waals surface area contributed by atoms with E-state index in [4.69, 9.17) is 15.6 Å². The Morgan fingerprint density at radius 3 is 2.67 bits per heavy atom. The molecule has 6 heteroatoms. The fraction of sp³-hybridized carbons (Fsp3) is 0.667. The smallest absolute Gasteiger partial charge is 0.311 e. The summed E-state index contributed by atoms with van der Waals surface area (Å²) < 4.78 is 5.17. The van der Waals surface area contributed by atoms with E-state index >= 15 is 0 Å². The summed E-state index contributed by atoms with van der Waals surface area (Å²) in [6.45, 7) is 0.444. The standard InChI is InChI=1S/C12H18N2O4/c1-14(10-6-18-5-9(10)12(16)17)11(15)7-2-3-8(13)4-7/h2-3,7-10H,4-6,13H2,1H3,(H,16,17). The SMILES string of the molecule is CN(C(=O)C1C=CC(N)C1)C1COCC1C(=O)O. The van der Waals surface area contributed by atoms with E-state index in [0.29, 0.717) is 6.42 Å². The molecular weight excluding hydrogens is 236 g/mol. The maximum absolute atomic E-state index is 12.2. The normalized spacial score (nSPS) is 34.8. The number of aliphatic carboxylic acids is 1. The van der Waals surface area contributed by atoms with Crippen molar-refractivity contribution in [1.29, 1.82) is 0 Å². The summed E-state index contributed by atoms with van der Waals surface area (Å²) in [6, 6.07) is -0.470. The number of carbonyl (C=O) groups is 2. The van der Waals surface area contributed by atoms with E-state index in [1.165, 1.54) is 4.90 Å². The first-order valence-corrected chi connectivity index (χ1v) is 6.02. The van der Waals surface area contributed by atoms with Gasteiger partial charge in [0.25, 0.3) is 0 Å². The minimum Gasteiger partial charge on any atom is -0.481 e. The van der Waals surface area contributed by atoms with Crippen molar-refractivity contribution in [3.8, 4) is 0 Å². The molecule has 1 aliphatic heterocycles. The van der Waals surface area contributed by atoms with Crippen LogP contribution in [-0.2, 0) is 14.3 Å². The van der Waals surface area contributed by atoms with Gasteiger partial charge in [-0.3, -0.25) is 9.59 Å². The molecule has 3 N–H and O–H groups in total. The van der Waals surface area contributed by atoms with E-state index in [9.17, 15) is 9.59 Å². The van der Waals surface area contributed by atoms with Crippen molar-refractivity contribution >= 4 is 11.9 Å². The first kappa shape index (κ1) is 13.0. The number of carbonyl (C=O) groups excluding carboxylic acids is 1. The molecule has 18 heavy (non-hydrogen) atoms. The minimum absolute atomic E-state index is 0.0811. The lowest BCUT2D eigenvalue weighted by Crippen LogP contribution is -2.46. The second-order valence-corrected chi connectivity index (χ2v) is 4.89. The van der Waals surface area contributed by atoms with E-state index in [0.717, 1.165) is 0 Å². The van der Waals surface area contributed by atoms with Gasteiger partial charge in [0, 0.05) is 13.1 Å². The first-order chi connectivity index (χ1) is 8.50. The zero-order valence-electron chi connectivity index (χ0n) is 10.3. The molecule has 1 amide bonds.